The first-order valence-electron chi connectivity index (χ1n) is 6.69. The summed E-state index contributed by atoms with van der Waals surface area (Å²) in [6, 6.07) is 6.64. The van der Waals surface area contributed by atoms with E-state index in [9.17, 15) is 9.59 Å². The van der Waals surface area contributed by atoms with E-state index in [1.165, 1.54) is 16.7 Å². The Morgan fingerprint density at radius 3 is 2.76 bits per heavy atom. The van der Waals surface area contributed by atoms with Crippen molar-refractivity contribution < 1.29 is 9.59 Å². The summed E-state index contributed by atoms with van der Waals surface area (Å²) in [7, 11) is 0. The van der Waals surface area contributed by atoms with Gasteiger partial charge in [-0.1, -0.05) is 36.5 Å². The van der Waals surface area contributed by atoms with Gasteiger partial charge in [-0.25, -0.2) is 0 Å². The molecule has 1 aromatic rings. The van der Waals surface area contributed by atoms with E-state index in [1.807, 2.05) is 18.2 Å². The Morgan fingerprint density at radius 2 is 2.14 bits per heavy atom. The van der Waals surface area contributed by atoms with Gasteiger partial charge in [0.1, 0.15) is 6.04 Å². The molecule has 2 aliphatic heterocycles. The number of fused-ring (bicyclic) bond motifs is 1. The zero-order valence-corrected chi connectivity index (χ0v) is 12.4. The third-order valence-electron chi connectivity index (χ3n) is 3.56. The number of hydrogen-bond donors (Lipinski definition) is 1. The second-order valence-electron chi connectivity index (χ2n) is 4.87. The Bertz CT molecular complexity index is 634. The van der Waals surface area contributed by atoms with Crippen molar-refractivity contribution in [1.29, 1.82) is 0 Å². The van der Waals surface area contributed by atoms with E-state index in [0.29, 0.717) is 16.4 Å². The Morgan fingerprint density at radius 1 is 1.43 bits per heavy atom. The van der Waals surface area contributed by atoms with Gasteiger partial charge in [-0.3, -0.25) is 19.5 Å². The smallest absolute Gasteiger partial charge is 0.259 e. The van der Waals surface area contributed by atoms with Crippen LogP contribution in [0.4, 0.5) is 0 Å². The molecule has 0 saturated carbocycles. The number of thioether (sulfide) groups is 1. The largest absolute Gasteiger partial charge is 0.304 e. The molecule has 1 aromatic carbocycles. The molecule has 1 atom stereocenters. The SMILES string of the molecule is C=C1c2ccccc2C(=O)N1C(C)C(=O)NC1=NCCS1. The van der Waals surface area contributed by atoms with Gasteiger partial charge in [0.25, 0.3) is 5.91 Å². The monoisotopic (exact) mass is 301 g/mol. The quantitative estimate of drug-likeness (QED) is 0.905. The summed E-state index contributed by atoms with van der Waals surface area (Å²) in [6.45, 7) is 6.37. The summed E-state index contributed by atoms with van der Waals surface area (Å²) in [6.07, 6.45) is 0. The van der Waals surface area contributed by atoms with Crippen molar-refractivity contribution in [3.8, 4) is 0 Å². The highest BCUT2D eigenvalue weighted by molar-refractivity contribution is 8.14. The molecule has 5 nitrogen and oxygen atoms in total. The van der Waals surface area contributed by atoms with Gasteiger partial charge in [-0.15, -0.1) is 0 Å². The highest BCUT2D eigenvalue weighted by Crippen LogP contribution is 2.32. The highest BCUT2D eigenvalue weighted by Gasteiger charge is 2.37. The van der Waals surface area contributed by atoms with Gasteiger partial charge in [0.2, 0.25) is 5.91 Å². The molecular weight excluding hydrogens is 286 g/mol. The second-order valence-corrected chi connectivity index (χ2v) is 5.95. The van der Waals surface area contributed by atoms with Crippen molar-refractivity contribution in [1.82, 2.24) is 10.2 Å². The molecule has 6 heteroatoms. The van der Waals surface area contributed by atoms with E-state index in [0.717, 1.165) is 17.9 Å². The van der Waals surface area contributed by atoms with Crippen LogP contribution >= 0.6 is 11.8 Å². The lowest BCUT2D eigenvalue weighted by atomic mass is 10.1. The molecule has 1 N–H and O–H groups in total. The second kappa shape index (κ2) is 5.37. The third kappa shape index (κ3) is 2.35. The van der Waals surface area contributed by atoms with E-state index in [1.54, 1.807) is 13.0 Å². The molecule has 0 aromatic heterocycles. The fourth-order valence-electron chi connectivity index (χ4n) is 2.45. The lowest BCUT2D eigenvalue weighted by molar-refractivity contribution is -0.122. The molecule has 0 bridgehead atoms. The number of rotatable bonds is 2. The molecule has 0 spiro atoms. The molecule has 0 radical (unpaired) electrons. The maximum atomic E-state index is 12.4. The molecule has 1 unspecified atom stereocenters. The zero-order chi connectivity index (χ0) is 15.0. The maximum absolute atomic E-state index is 12.4. The summed E-state index contributed by atoms with van der Waals surface area (Å²) < 4.78 is 0. The van der Waals surface area contributed by atoms with Crippen LogP contribution in [0.3, 0.4) is 0 Å². The minimum atomic E-state index is -0.624. The number of carbonyl (C=O) groups excluding carboxylic acids is 2. The fraction of sp³-hybridized carbons (Fsp3) is 0.267. The summed E-state index contributed by atoms with van der Waals surface area (Å²) in [5, 5.41) is 3.39. The summed E-state index contributed by atoms with van der Waals surface area (Å²) >= 11 is 1.51. The van der Waals surface area contributed by atoms with Crippen molar-refractivity contribution >= 4 is 34.4 Å². The van der Waals surface area contributed by atoms with Crippen LogP contribution in [0, 0.1) is 0 Å². The number of amidine groups is 1. The Balaban J connectivity index is 1.79. The predicted molar refractivity (Wildman–Crippen MR) is 84.0 cm³/mol. The number of nitrogens with one attached hydrogen (secondary N) is 1. The van der Waals surface area contributed by atoms with Gasteiger partial charge < -0.3 is 5.32 Å². The van der Waals surface area contributed by atoms with E-state index in [4.69, 9.17) is 0 Å². The number of nitrogens with zero attached hydrogens (tertiary/aromatic N) is 2. The molecule has 0 aliphatic carbocycles. The van der Waals surface area contributed by atoms with Crippen molar-refractivity contribution in [2.75, 3.05) is 12.3 Å². The molecule has 21 heavy (non-hydrogen) atoms. The van der Waals surface area contributed by atoms with E-state index >= 15 is 0 Å². The predicted octanol–water partition coefficient (Wildman–Crippen LogP) is 1.72. The molecule has 3 rings (SSSR count). The van der Waals surface area contributed by atoms with Gasteiger partial charge in [-0.05, 0) is 13.0 Å². The van der Waals surface area contributed by atoms with Gasteiger partial charge in [0.15, 0.2) is 5.17 Å². The summed E-state index contributed by atoms with van der Waals surface area (Å²) in [5.74, 6) is 0.454. The Labute approximate surface area is 127 Å². The van der Waals surface area contributed by atoms with E-state index < -0.39 is 6.04 Å². The van der Waals surface area contributed by atoms with Crippen LogP contribution in [0.5, 0.6) is 0 Å². The average molecular weight is 301 g/mol. The molecule has 0 saturated heterocycles. The third-order valence-corrected chi connectivity index (χ3v) is 4.45. The number of hydrogen-bond acceptors (Lipinski definition) is 4. The topological polar surface area (TPSA) is 61.8 Å². The fourth-order valence-corrected chi connectivity index (χ4v) is 3.18. The van der Waals surface area contributed by atoms with Crippen LogP contribution in [0.25, 0.3) is 5.70 Å². The Kier molecular flexibility index (Phi) is 3.55. The van der Waals surface area contributed by atoms with Crippen molar-refractivity contribution in [3.63, 3.8) is 0 Å². The first-order valence-corrected chi connectivity index (χ1v) is 7.68. The number of aliphatic imine (C=N–C) groups is 1. The number of benzene rings is 1. The highest BCUT2D eigenvalue weighted by atomic mass is 32.2. The van der Waals surface area contributed by atoms with Gasteiger partial charge >= 0.3 is 0 Å². The first kappa shape index (κ1) is 13.9. The van der Waals surface area contributed by atoms with Crippen LogP contribution in [-0.2, 0) is 4.79 Å². The van der Waals surface area contributed by atoms with Crippen molar-refractivity contribution in [3.05, 3.63) is 42.0 Å². The van der Waals surface area contributed by atoms with Crippen molar-refractivity contribution in [2.24, 2.45) is 4.99 Å². The van der Waals surface area contributed by atoms with E-state index in [2.05, 4.69) is 16.9 Å². The minimum absolute atomic E-state index is 0.181. The lowest BCUT2D eigenvalue weighted by Crippen LogP contribution is -2.45. The normalized spacial score (nSPS) is 18.5. The summed E-state index contributed by atoms with van der Waals surface area (Å²) in [5.41, 5.74) is 1.95. The molecule has 0 fully saturated rings. The van der Waals surface area contributed by atoms with Crippen LogP contribution in [-0.4, -0.2) is 40.2 Å². The molecule has 2 aliphatic rings. The molecule has 108 valence electrons. The van der Waals surface area contributed by atoms with Gasteiger partial charge in [0, 0.05) is 22.6 Å². The summed E-state index contributed by atoms with van der Waals surface area (Å²) in [4.78, 5) is 30.4. The molecule has 2 heterocycles. The Hall–Kier alpha value is -2.08. The minimum Gasteiger partial charge on any atom is -0.304 e. The van der Waals surface area contributed by atoms with Crippen molar-refractivity contribution in [2.45, 2.75) is 13.0 Å². The average Bonchev–Trinajstić information content (AvgIpc) is 3.07. The number of carbonyl (C=O) groups is 2. The van der Waals surface area contributed by atoms with Crippen LogP contribution < -0.4 is 5.32 Å². The molecule has 2 amide bonds. The number of amides is 2. The first-order chi connectivity index (χ1) is 10.1. The lowest BCUT2D eigenvalue weighted by Gasteiger charge is -2.24. The molecular formula is C15H15N3O2S. The van der Waals surface area contributed by atoms with E-state index in [-0.39, 0.29) is 11.8 Å². The van der Waals surface area contributed by atoms with Gasteiger partial charge in [-0.2, -0.15) is 0 Å². The van der Waals surface area contributed by atoms with Crippen LogP contribution in [0.1, 0.15) is 22.8 Å². The standard InChI is InChI=1S/C15H15N3O2S/c1-9-11-5-3-4-6-12(11)14(20)18(9)10(2)13(19)17-15-16-7-8-21-15/h3-6,10H,1,7-8H2,2H3,(H,16,17,19). The maximum Gasteiger partial charge on any atom is 0.259 e. The van der Waals surface area contributed by atoms with Gasteiger partial charge in [0.05, 0.1) is 6.54 Å². The van der Waals surface area contributed by atoms with Crippen LogP contribution in [0.2, 0.25) is 0 Å². The van der Waals surface area contributed by atoms with Crippen LogP contribution in [0.15, 0.2) is 35.8 Å². The zero-order valence-electron chi connectivity index (χ0n) is 11.6.